The minimum atomic E-state index is -0.448. The van der Waals surface area contributed by atoms with E-state index in [0.29, 0.717) is 36.9 Å². The number of nitrogens with zero attached hydrogens (tertiary/aromatic N) is 3. The molecule has 1 amide bonds. The number of nitro groups is 1. The average molecular weight is 395 g/mol. The van der Waals surface area contributed by atoms with Gasteiger partial charge in [-0.2, -0.15) is 4.98 Å². The number of carbonyl (C=O) groups is 1. The highest BCUT2D eigenvalue weighted by Crippen LogP contribution is 2.22. The number of benzene rings is 2. The Labute approximate surface area is 167 Å². The second kappa shape index (κ2) is 9.45. The van der Waals surface area contributed by atoms with Gasteiger partial charge >= 0.3 is 0 Å². The number of amides is 1. The van der Waals surface area contributed by atoms with Crippen LogP contribution in [-0.2, 0) is 11.2 Å². The molecule has 0 aliphatic carbocycles. The fraction of sp³-hybridized carbons (Fsp3) is 0.250. The van der Waals surface area contributed by atoms with Crippen molar-refractivity contribution in [3.8, 4) is 11.4 Å². The highest BCUT2D eigenvalue weighted by atomic mass is 16.6. The topological polar surface area (TPSA) is 123 Å². The summed E-state index contributed by atoms with van der Waals surface area (Å²) in [6, 6.07) is 14.1. The first-order chi connectivity index (χ1) is 14.0. The second-order valence-electron chi connectivity index (χ2n) is 6.43. The maximum absolute atomic E-state index is 12.0. The van der Waals surface area contributed by atoms with Crippen molar-refractivity contribution in [2.75, 3.05) is 18.4 Å². The van der Waals surface area contributed by atoms with Crippen LogP contribution in [0.25, 0.3) is 11.4 Å². The minimum Gasteiger partial charge on any atom is -0.378 e. The number of rotatable bonds is 9. The molecule has 0 spiro atoms. The van der Waals surface area contributed by atoms with Crippen LogP contribution in [0, 0.1) is 17.0 Å². The van der Waals surface area contributed by atoms with Gasteiger partial charge < -0.3 is 15.2 Å². The van der Waals surface area contributed by atoms with E-state index in [9.17, 15) is 14.9 Å². The molecule has 150 valence electrons. The van der Waals surface area contributed by atoms with Crippen LogP contribution >= 0.6 is 0 Å². The molecule has 9 nitrogen and oxygen atoms in total. The van der Waals surface area contributed by atoms with E-state index in [0.717, 1.165) is 11.1 Å². The van der Waals surface area contributed by atoms with Crippen LogP contribution in [0.5, 0.6) is 0 Å². The minimum absolute atomic E-state index is 0.000369. The third-order valence-electron chi connectivity index (χ3n) is 4.21. The first-order valence-electron chi connectivity index (χ1n) is 9.16. The Morgan fingerprint density at radius 1 is 1.14 bits per heavy atom. The third kappa shape index (κ3) is 5.61. The number of anilines is 1. The molecule has 0 aliphatic rings. The SMILES string of the molecule is Cc1ccc(-c2noc(CCC(=O)NCCNc3ccccc3[N+](=O)[O-])n2)cc1. The van der Waals surface area contributed by atoms with Gasteiger partial charge in [0.1, 0.15) is 5.69 Å². The molecule has 1 aromatic heterocycles. The lowest BCUT2D eigenvalue weighted by atomic mass is 10.1. The van der Waals surface area contributed by atoms with Gasteiger partial charge in [-0.15, -0.1) is 0 Å². The molecule has 2 aromatic carbocycles. The monoisotopic (exact) mass is 395 g/mol. The van der Waals surface area contributed by atoms with Crippen molar-refractivity contribution in [1.82, 2.24) is 15.5 Å². The lowest BCUT2D eigenvalue weighted by Crippen LogP contribution is -2.29. The standard InChI is InChI=1S/C20H21N5O4/c1-14-6-8-15(9-7-14)20-23-19(29-24-20)11-10-18(26)22-13-12-21-16-4-2-3-5-17(16)25(27)28/h2-9,21H,10-13H2,1H3,(H,22,26). The number of hydrogen-bond acceptors (Lipinski definition) is 7. The molecule has 3 aromatic rings. The van der Waals surface area contributed by atoms with E-state index < -0.39 is 4.92 Å². The molecule has 0 saturated heterocycles. The van der Waals surface area contributed by atoms with Crippen LogP contribution in [0.2, 0.25) is 0 Å². The summed E-state index contributed by atoms with van der Waals surface area (Å²) < 4.78 is 5.20. The van der Waals surface area contributed by atoms with E-state index in [1.807, 2.05) is 31.2 Å². The van der Waals surface area contributed by atoms with Crippen molar-refractivity contribution < 1.29 is 14.2 Å². The summed E-state index contributed by atoms with van der Waals surface area (Å²) in [5.74, 6) is 0.729. The molecule has 0 radical (unpaired) electrons. The van der Waals surface area contributed by atoms with Gasteiger partial charge in [-0.3, -0.25) is 14.9 Å². The quantitative estimate of drug-likeness (QED) is 0.324. The van der Waals surface area contributed by atoms with Crippen LogP contribution < -0.4 is 10.6 Å². The third-order valence-corrected chi connectivity index (χ3v) is 4.21. The normalized spacial score (nSPS) is 10.5. The van der Waals surface area contributed by atoms with Crippen LogP contribution in [-0.4, -0.2) is 34.1 Å². The Morgan fingerprint density at radius 2 is 1.90 bits per heavy atom. The van der Waals surface area contributed by atoms with Crippen molar-refractivity contribution in [1.29, 1.82) is 0 Å². The Kier molecular flexibility index (Phi) is 6.51. The van der Waals surface area contributed by atoms with Crippen molar-refractivity contribution >= 4 is 17.3 Å². The van der Waals surface area contributed by atoms with Gasteiger partial charge in [0.2, 0.25) is 17.6 Å². The summed E-state index contributed by atoms with van der Waals surface area (Å²) in [5.41, 5.74) is 2.42. The molecule has 2 N–H and O–H groups in total. The van der Waals surface area contributed by atoms with Gasteiger partial charge in [-0.1, -0.05) is 47.1 Å². The zero-order valence-electron chi connectivity index (χ0n) is 15.9. The Bertz CT molecular complexity index is 985. The number of nitro benzene ring substituents is 1. The van der Waals surface area contributed by atoms with Gasteiger partial charge in [-0.05, 0) is 13.0 Å². The fourth-order valence-electron chi connectivity index (χ4n) is 2.67. The zero-order chi connectivity index (χ0) is 20.6. The summed E-state index contributed by atoms with van der Waals surface area (Å²) in [4.78, 5) is 26.8. The molecule has 0 saturated carbocycles. The molecule has 0 bridgehead atoms. The molecule has 9 heteroatoms. The van der Waals surface area contributed by atoms with Crippen LogP contribution in [0.3, 0.4) is 0 Å². The molecule has 0 fully saturated rings. The number of aryl methyl sites for hydroxylation is 2. The maximum Gasteiger partial charge on any atom is 0.292 e. The number of hydrogen-bond donors (Lipinski definition) is 2. The Morgan fingerprint density at radius 3 is 2.66 bits per heavy atom. The van der Waals surface area contributed by atoms with Gasteiger partial charge in [0.25, 0.3) is 5.69 Å². The summed E-state index contributed by atoms with van der Waals surface area (Å²) in [7, 11) is 0. The predicted molar refractivity (Wildman–Crippen MR) is 107 cm³/mol. The van der Waals surface area contributed by atoms with Crippen LogP contribution in [0.4, 0.5) is 11.4 Å². The van der Waals surface area contributed by atoms with Crippen LogP contribution in [0.15, 0.2) is 53.1 Å². The van der Waals surface area contributed by atoms with Crippen molar-refractivity contribution in [3.63, 3.8) is 0 Å². The van der Waals surface area contributed by atoms with E-state index in [-0.39, 0.29) is 18.0 Å². The Hall–Kier alpha value is -3.75. The van der Waals surface area contributed by atoms with Gasteiger partial charge in [0.15, 0.2) is 0 Å². The van der Waals surface area contributed by atoms with Crippen molar-refractivity contribution in [2.45, 2.75) is 19.8 Å². The highest BCUT2D eigenvalue weighted by Gasteiger charge is 2.12. The predicted octanol–water partition coefficient (Wildman–Crippen LogP) is 3.11. The first kappa shape index (κ1) is 20.0. The number of para-hydroxylation sites is 2. The number of carbonyl (C=O) groups excluding carboxylic acids is 1. The molecule has 0 atom stereocenters. The maximum atomic E-state index is 12.0. The van der Waals surface area contributed by atoms with Gasteiger partial charge in [0, 0.05) is 37.6 Å². The second-order valence-corrected chi connectivity index (χ2v) is 6.43. The summed E-state index contributed by atoms with van der Waals surface area (Å²) in [6.45, 7) is 2.71. The smallest absolute Gasteiger partial charge is 0.292 e. The van der Waals surface area contributed by atoms with E-state index in [2.05, 4.69) is 20.8 Å². The van der Waals surface area contributed by atoms with Crippen molar-refractivity contribution in [2.24, 2.45) is 0 Å². The fourth-order valence-corrected chi connectivity index (χ4v) is 2.67. The van der Waals surface area contributed by atoms with Gasteiger partial charge in [0.05, 0.1) is 4.92 Å². The van der Waals surface area contributed by atoms with E-state index in [1.165, 1.54) is 6.07 Å². The van der Waals surface area contributed by atoms with E-state index >= 15 is 0 Å². The summed E-state index contributed by atoms with van der Waals surface area (Å²) >= 11 is 0. The molecule has 3 rings (SSSR count). The molecule has 0 aliphatic heterocycles. The molecule has 1 heterocycles. The number of aromatic nitrogens is 2. The Balaban J connectivity index is 1.41. The first-order valence-corrected chi connectivity index (χ1v) is 9.16. The van der Waals surface area contributed by atoms with Crippen LogP contribution in [0.1, 0.15) is 17.9 Å². The summed E-state index contributed by atoms with van der Waals surface area (Å²) in [5, 5.41) is 20.6. The lowest BCUT2D eigenvalue weighted by Gasteiger charge is -2.08. The largest absolute Gasteiger partial charge is 0.378 e. The summed E-state index contributed by atoms with van der Waals surface area (Å²) in [6.07, 6.45) is 0.545. The molecular formula is C20H21N5O4. The van der Waals surface area contributed by atoms with E-state index in [4.69, 9.17) is 4.52 Å². The molecule has 0 unspecified atom stereocenters. The molecular weight excluding hydrogens is 374 g/mol. The number of nitrogens with one attached hydrogen (secondary N) is 2. The van der Waals surface area contributed by atoms with Gasteiger partial charge in [-0.25, -0.2) is 0 Å². The zero-order valence-corrected chi connectivity index (χ0v) is 15.9. The van der Waals surface area contributed by atoms with E-state index in [1.54, 1.807) is 18.2 Å². The van der Waals surface area contributed by atoms with Crippen molar-refractivity contribution in [3.05, 3.63) is 70.1 Å². The molecule has 29 heavy (non-hydrogen) atoms. The average Bonchev–Trinajstić information content (AvgIpc) is 3.19. The highest BCUT2D eigenvalue weighted by molar-refractivity contribution is 5.76. The lowest BCUT2D eigenvalue weighted by molar-refractivity contribution is -0.384.